The first-order valence-electron chi connectivity index (χ1n) is 18.3. The monoisotopic (exact) mass is 654 g/mol. The van der Waals surface area contributed by atoms with Crippen molar-refractivity contribution in [1.82, 2.24) is 0 Å². The molecular formula is C37H68NO6S+. The van der Waals surface area contributed by atoms with Gasteiger partial charge < -0.3 is 18.7 Å². The highest BCUT2D eigenvalue weighted by Gasteiger charge is 2.31. The molecule has 0 saturated carbocycles. The number of hydrogen-bond acceptors (Lipinski definition) is 6. The van der Waals surface area contributed by atoms with Crippen molar-refractivity contribution in [2.45, 2.75) is 166 Å². The molecule has 1 aromatic rings. The molecule has 1 aromatic carbocycles. The van der Waals surface area contributed by atoms with Crippen molar-refractivity contribution >= 4 is 10.1 Å². The van der Waals surface area contributed by atoms with Gasteiger partial charge in [-0.25, -0.2) is 4.18 Å². The summed E-state index contributed by atoms with van der Waals surface area (Å²) < 4.78 is 49.6. The van der Waals surface area contributed by atoms with E-state index in [1.54, 1.807) is 24.3 Å². The number of rotatable bonds is 28. The van der Waals surface area contributed by atoms with E-state index in [0.29, 0.717) is 30.7 Å². The van der Waals surface area contributed by atoms with Crippen molar-refractivity contribution in [3.63, 3.8) is 0 Å². The first-order chi connectivity index (χ1) is 21.6. The molecule has 0 amide bonds. The Balaban J connectivity index is 1.43. The summed E-state index contributed by atoms with van der Waals surface area (Å²) in [7, 11) is 2.09. The number of quaternary nitrogens is 1. The molecular weight excluding hydrogens is 586 g/mol. The fourth-order valence-electron chi connectivity index (χ4n) is 5.81. The Morgan fingerprint density at radius 1 is 0.778 bits per heavy atom. The lowest BCUT2D eigenvalue weighted by Gasteiger charge is -2.33. The van der Waals surface area contributed by atoms with Crippen LogP contribution in [0, 0.1) is 6.92 Å². The van der Waals surface area contributed by atoms with Crippen LogP contribution in [0.1, 0.15) is 141 Å². The predicted octanol–water partition coefficient (Wildman–Crippen LogP) is 9.31. The molecule has 1 heterocycles. The average molecular weight is 655 g/mol. The highest BCUT2D eigenvalue weighted by atomic mass is 32.2. The van der Waals surface area contributed by atoms with Gasteiger partial charge in [0.1, 0.15) is 6.10 Å². The van der Waals surface area contributed by atoms with Gasteiger partial charge in [0.2, 0.25) is 6.23 Å². The molecule has 262 valence electrons. The molecule has 0 aliphatic carbocycles. The molecule has 0 aromatic heterocycles. The second-order valence-electron chi connectivity index (χ2n) is 14.1. The molecule has 0 spiro atoms. The van der Waals surface area contributed by atoms with Gasteiger partial charge in [-0.15, -0.1) is 0 Å². The topological polar surface area (TPSA) is 71.1 Å². The first kappa shape index (κ1) is 40.1. The molecule has 1 aliphatic heterocycles. The highest BCUT2D eigenvalue weighted by Crippen LogP contribution is 2.22. The van der Waals surface area contributed by atoms with Crippen LogP contribution in [0.2, 0.25) is 0 Å². The van der Waals surface area contributed by atoms with E-state index in [1.807, 2.05) is 28.1 Å². The molecule has 7 nitrogen and oxygen atoms in total. The largest absolute Gasteiger partial charge is 0.379 e. The van der Waals surface area contributed by atoms with E-state index in [9.17, 15) is 8.42 Å². The van der Waals surface area contributed by atoms with Gasteiger partial charge in [0.15, 0.2) is 6.29 Å². The third-order valence-corrected chi connectivity index (χ3v) is 10.1. The van der Waals surface area contributed by atoms with Crippen LogP contribution in [0.15, 0.2) is 29.2 Å². The fraction of sp³-hybridized carbons (Fsp3) is 0.838. The molecule has 0 N–H and O–H groups in total. The highest BCUT2D eigenvalue weighted by molar-refractivity contribution is 7.86. The molecule has 3 atom stereocenters. The average Bonchev–Trinajstić information content (AvgIpc) is 3.45. The van der Waals surface area contributed by atoms with Crippen molar-refractivity contribution in [2.24, 2.45) is 0 Å². The van der Waals surface area contributed by atoms with Crippen LogP contribution in [0.25, 0.3) is 0 Å². The lowest BCUT2D eigenvalue weighted by molar-refractivity contribution is -0.915. The maximum Gasteiger partial charge on any atom is 0.301 e. The van der Waals surface area contributed by atoms with Crippen LogP contribution in [0.4, 0.5) is 0 Å². The maximum absolute atomic E-state index is 12.8. The Morgan fingerprint density at radius 3 is 1.87 bits per heavy atom. The summed E-state index contributed by atoms with van der Waals surface area (Å²) in [6, 6.07) is 6.80. The predicted molar refractivity (Wildman–Crippen MR) is 185 cm³/mol. The summed E-state index contributed by atoms with van der Waals surface area (Å²) in [5.74, 6) is 0. The van der Waals surface area contributed by atoms with E-state index in [4.69, 9.17) is 18.4 Å². The fourth-order valence-corrected chi connectivity index (χ4v) is 7.04. The number of ether oxygens (including phenoxy) is 3. The van der Waals surface area contributed by atoms with Crippen molar-refractivity contribution in [3.05, 3.63) is 29.8 Å². The molecule has 8 heteroatoms. The molecule has 0 bridgehead atoms. The normalized spacial score (nSPS) is 18.1. The quantitative estimate of drug-likeness (QED) is 0.0388. The summed E-state index contributed by atoms with van der Waals surface area (Å²) >= 11 is 0. The summed E-state index contributed by atoms with van der Waals surface area (Å²) in [6.45, 7) is 6.06. The van der Waals surface area contributed by atoms with Crippen LogP contribution in [-0.4, -0.2) is 72.5 Å². The second-order valence-corrected chi connectivity index (χ2v) is 15.7. The van der Waals surface area contributed by atoms with Crippen LogP contribution in [0.5, 0.6) is 0 Å². The summed E-state index contributed by atoms with van der Waals surface area (Å²) in [6.07, 6.45) is 24.5. The Labute approximate surface area is 277 Å². The Hall–Kier alpha value is -1.03. The van der Waals surface area contributed by atoms with Crippen molar-refractivity contribution in [3.8, 4) is 0 Å². The van der Waals surface area contributed by atoms with E-state index in [0.717, 1.165) is 31.2 Å². The second kappa shape index (κ2) is 23.3. The van der Waals surface area contributed by atoms with Crippen molar-refractivity contribution < 1.29 is 31.3 Å². The standard InChI is InChI=1S/C37H68NO6S/c1-6-7-8-9-10-11-12-13-14-15-16-17-18-19-22-25-37-42-32-34(43-37)31-41-30-23-20-21-24-36(38(3,4)5)44-45(39,40)35-28-26-33(2)27-29-35/h26-29,34,36-37H,6-25,30-32H2,1-5H3/q+1. The molecule has 1 fully saturated rings. The van der Waals surface area contributed by atoms with Crippen molar-refractivity contribution in [2.75, 3.05) is 41.0 Å². The van der Waals surface area contributed by atoms with Crippen LogP contribution in [-0.2, 0) is 28.5 Å². The SMILES string of the molecule is CCCCCCCCCCCCCCCCCC1OCC(COCCCCCC(OS(=O)(=O)c2ccc(C)cc2)[N+](C)(C)C)O1. The molecule has 1 saturated heterocycles. The molecule has 45 heavy (non-hydrogen) atoms. The van der Waals surface area contributed by atoms with E-state index < -0.39 is 16.3 Å². The lowest BCUT2D eigenvalue weighted by Crippen LogP contribution is -2.47. The number of nitrogens with zero attached hydrogens (tertiary/aromatic N) is 1. The minimum Gasteiger partial charge on any atom is -0.379 e. The molecule has 1 aliphatic rings. The number of aryl methyl sites for hydroxylation is 1. The first-order valence-corrected chi connectivity index (χ1v) is 19.7. The van der Waals surface area contributed by atoms with Gasteiger partial charge in [0, 0.05) is 13.0 Å². The van der Waals surface area contributed by atoms with Crippen LogP contribution >= 0.6 is 0 Å². The maximum atomic E-state index is 12.8. The van der Waals surface area contributed by atoms with Gasteiger partial charge in [-0.3, -0.25) is 0 Å². The van der Waals surface area contributed by atoms with Gasteiger partial charge in [0.25, 0.3) is 0 Å². The van der Waals surface area contributed by atoms with E-state index >= 15 is 0 Å². The Bertz CT molecular complexity index is 962. The van der Waals surface area contributed by atoms with Gasteiger partial charge in [-0.05, 0) is 44.7 Å². The Morgan fingerprint density at radius 2 is 1.31 bits per heavy atom. The minimum absolute atomic E-state index is 0.0225. The van der Waals surface area contributed by atoms with Gasteiger partial charge in [-0.1, -0.05) is 121 Å². The smallest absolute Gasteiger partial charge is 0.301 e. The van der Waals surface area contributed by atoms with Crippen LogP contribution < -0.4 is 0 Å². The zero-order chi connectivity index (χ0) is 32.8. The van der Waals surface area contributed by atoms with Gasteiger partial charge >= 0.3 is 10.1 Å². The third kappa shape index (κ3) is 18.8. The molecule has 0 radical (unpaired) electrons. The van der Waals surface area contributed by atoms with E-state index in [2.05, 4.69) is 6.92 Å². The van der Waals surface area contributed by atoms with Crippen molar-refractivity contribution in [1.29, 1.82) is 0 Å². The van der Waals surface area contributed by atoms with E-state index in [-0.39, 0.29) is 17.3 Å². The number of hydrogen-bond donors (Lipinski definition) is 0. The molecule has 3 unspecified atom stereocenters. The minimum atomic E-state index is -3.81. The zero-order valence-corrected chi connectivity index (χ0v) is 30.4. The van der Waals surface area contributed by atoms with Gasteiger partial charge in [-0.2, -0.15) is 8.42 Å². The summed E-state index contributed by atoms with van der Waals surface area (Å²) in [5, 5.41) is 0. The van der Waals surface area contributed by atoms with E-state index in [1.165, 1.54) is 96.3 Å². The molecule has 2 rings (SSSR count). The number of benzene rings is 1. The van der Waals surface area contributed by atoms with Crippen LogP contribution in [0.3, 0.4) is 0 Å². The lowest BCUT2D eigenvalue weighted by atomic mass is 10.0. The summed E-state index contributed by atoms with van der Waals surface area (Å²) in [4.78, 5) is 0.204. The third-order valence-electron chi connectivity index (χ3n) is 8.81. The Kier molecular flexibility index (Phi) is 20.8. The zero-order valence-electron chi connectivity index (χ0n) is 29.6. The van der Waals surface area contributed by atoms with Gasteiger partial charge in [0.05, 0.1) is 39.3 Å². The number of unbranched alkanes of at least 4 members (excludes halogenated alkanes) is 16. The summed E-state index contributed by atoms with van der Waals surface area (Å²) in [5.41, 5.74) is 1.02.